The Morgan fingerprint density at radius 1 is 1.32 bits per heavy atom. The van der Waals surface area contributed by atoms with Gasteiger partial charge in [-0.2, -0.15) is 10.2 Å². The Kier molecular flexibility index (Phi) is 8.10. The first-order chi connectivity index (χ1) is 14.9. The molecule has 1 aromatic carbocycles. The van der Waals surface area contributed by atoms with Crippen molar-refractivity contribution in [2.45, 2.75) is 13.8 Å². The average Bonchev–Trinajstić information content (AvgIpc) is 3.30. The van der Waals surface area contributed by atoms with Gasteiger partial charge in [0.2, 0.25) is 0 Å². The van der Waals surface area contributed by atoms with E-state index in [0.29, 0.717) is 15.8 Å². The van der Waals surface area contributed by atoms with Crippen molar-refractivity contribution in [3.05, 3.63) is 54.4 Å². The van der Waals surface area contributed by atoms with E-state index in [0.717, 1.165) is 40.1 Å². The maximum Gasteiger partial charge on any atom is 0.266 e. The Labute approximate surface area is 188 Å². The SMILES string of the molecule is CCNc1ncc(/C=c2\s/c(=C\N=Nc3ccc(OCCN(C)C)cc3C)[nH]c2=O)s1. The number of aromatic amines is 1. The normalized spacial score (nSPS) is 12.9. The minimum absolute atomic E-state index is 0.153. The number of likely N-dealkylation sites (N-methyl/N-ethyl adjacent to an activating group) is 1. The number of aryl methyl sites for hydroxylation is 1. The van der Waals surface area contributed by atoms with Crippen molar-refractivity contribution in [2.75, 3.05) is 39.1 Å². The molecule has 3 rings (SSSR count). The van der Waals surface area contributed by atoms with Crippen LogP contribution in [0.15, 0.2) is 39.4 Å². The fourth-order valence-electron chi connectivity index (χ4n) is 2.55. The Morgan fingerprint density at radius 2 is 2.16 bits per heavy atom. The van der Waals surface area contributed by atoms with E-state index in [-0.39, 0.29) is 5.56 Å². The van der Waals surface area contributed by atoms with Gasteiger partial charge in [-0.15, -0.1) is 11.3 Å². The monoisotopic (exact) mass is 458 g/mol. The van der Waals surface area contributed by atoms with Crippen molar-refractivity contribution < 1.29 is 4.74 Å². The Morgan fingerprint density at radius 3 is 2.90 bits per heavy atom. The summed E-state index contributed by atoms with van der Waals surface area (Å²) in [6.07, 6.45) is 5.14. The molecule has 0 radical (unpaired) electrons. The van der Waals surface area contributed by atoms with E-state index >= 15 is 0 Å². The number of hydrogen-bond acceptors (Lipinski definition) is 9. The molecule has 10 heteroatoms. The van der Waals surface area contributed by atoms with Crippen LogP contribution in [-0.2, 0) is 0 Å². The largest absolute Gasteiger partial charge is 0.492 e. The highest BCUT2D eigenvalue weighted by Crippen LogP contribution is 2.24. The van der Waals surface area contributed by atoms with E-state index in [1.54, 1.807) is 12.4 Å². The molecule has 0 bridgehead atoms. The highest BCUT2D eigenvalue weighted by Gasteiger charge is 2.02. The van der Waals surface area contributed by atoms with Gasteiger partial charge in [0.05, 0.1) is 21.3 Å². The summed E-state index contributed by atoms with van der Waals surface area (Å²) in [5.41, 5.74) is 1.57. The van der Waals surface area contributed by atoms with E-state index in [2.05, 4.69) is 30.4 Å². The van der Waals surface area contributed by atoms with Crippen LogP contribution in [-0.4, -0.2) is 48.7 Å². The third kappa shape index (κ3) is 6.84. The molecule has 2 N–H and O–H groups in total. The van der Waals surface area contributed by atoms with Crippen molar-refractivity contribution in [3.8, 4) is 5.75 Å². The molecule has 0 fully saturated rings. The van der Waals surface area contributed by atoms with Crippen molar-refractivity contribution in [2.24, 2.45) is 10.2 Å². The zero-order valence-electron chi connectivity index (χ0n) is 18.0. The summed E-state index contributed by atoms with van der Waals surface area (Å²) in [6, 6.07) is 5.70. The lowest BCUT2D eigenvalue weighted by atomic mass is 10.2. The number of nitrogens with one attached hydrogen (secondary N) is 2. The van der Waals surface area contributed by atoms with Gasteiger partial charge in [0.25, 0.3) is 5.56 Å². The molecule has 0 saturated heterocycles. The van der Waals surface area contributed by atoms with Crippen molar-refractivity contribution >= 4 is 45.8 Å². The number of aromatic nitrogens is 2. The summed E-state index contributed by atoms with van der Waals surface area (Å²) < 4.78 is 6.97. The van der Waals surface area contributed by atoms with Crippen molar-refractivity contribution in [1.29, 1.82) is 0 Å². The van der Waals surface area contributed by atoms with Crippen LogP contribution in [0.3, 0.4) is 0 Å². The van der Waals surface area contributed by atoms with E-state index < -0.39 is 0 Å². The molecule has 0 amide bonds. The topological polar surface area (TPSA) is 95.0 Å². The maximum atomic E-state index is 12.2. The second-order valence-corrected chi connectivity index (χ2v) is 9.12. The van der Waals surface area contributed by atoms with Crippen LogP contribution in [0.2, 0.25) is 0 Å². The van der Waals surface area contributed by atoms with Gasteiger partial charge < -0.3 is 19.9 Å². The van der Waals surface area contributed by atoms with E-state index in [1.165, 1.54) is 22.7 Å². The number of H-pyrrole nitrogens is 1. The zero-order valence-corrected chi connectivity index (χ0v) is 19.6. The standard InChI is InChI=1S/C21H26N6O2S2/c1-5-22-21-23-12-16(30-21)11-18-20(28)25-19(31-18)13-24-26-17-7-6-15(10-14(17)2)29-9-8-27(3)4/h6-7,10-13H,5,8-9H2,1-4H3,(H,22,23)(H,25,28)/b18-11-,19-13-,26-24?. The molecular weight excluding hydrogens is 432 g/mol. The van der Waals surface area contributed by atoms with Crippen LogP contribution in [0.1, 0.15) is 17.4 Å². The number of hydrogen-bond donors (Lipinski definition) is 2. The van der Waals surface area contributed by atoms with Crippen LogP contribution in [0.25, 0.3) is 12.3 Å². The third-order valence-corrected chi connectivity index (χ3v) is 5.97. The van der Waals surface area contributed by atoms with E-state index in [1.807, 2.05) is 52.2 Å². The summed E-state index contributed by atoms with van der Waals surface area (Å²) in [7, 11) is 4.02. The second kappa shape index (κ2) is 11.0. The summed E-state index contributed by atoms with van der Waals surface area (Å²) in [4.78, 5) is 22.3. The van der Waals surface area contributed by atoms with E-state index in [9.17, 15) is 4.79 Å². The quantitative estimate of drug-likeness (QED) is 0.481. The Bertz CT molecular complexity index is 1210. The molecule has 8 nitrogen and oxygen atoms in total. The molecule has 0 aliphatic carbocycles. The third-order valence-electron chi connectivity index (χ3n) is 4.12. The van der Waals surface area contributed by atoms with Gasteiger partial charge in [0.15, 0.2) is 5.13 Å². The van der Waals surface area contributed by atoms with Crippen LogP contribution < -0.4 is 24.8 Å². The predicted molar refractivity (Wildman–Crippen MR) is 128 cm³/mol. The lowest BCUT2D eigenvalue weighted by molar-refractivity contribution is 0.261. The maximum absolute atomic E-state index is 12.2. The minimum atomic E-state index is -0.153. The smallest absolute Gasteiger partial charge is 0.266 e. The van der Waals surface area contributed by atoms with Gasteiger partial charge in [-0.05, 0) is 57.8 Å². The first-order valence-electron chi connectivity index (χ1n) is 9.84. The number of benzene rings is 1. The molecular formula is C21H26N6O2S2. The molecule has 0 saturated carbocycles. The average molecular weight is 459 g/mol. The molecule has 31 heavy (non-hydrogen) atoms. The van der Waals surface area contributed by atoms with E-state index in [4.69, 9.17) is 4.74 Å². The highest BCUT2D eigenvalue weighted by atomic mass is 32.1. The van der Waals surface area contributed by atoms with Gasteiger partial charge in [0.1, 0.15) is 17.0 Å². The number of thiazole rings is 2. The van der Waals surface area contributed by atoms with Gasteiger partial charge in [-0.3, -0.25) is 4.79 Å². The number of rotatable bonds is 9. The summed E-state index contributed by atoms with van der Waals surface area (Å²) in [5, 5.41) is 12.4. The number of azo groups is 1. The number of anilines is 1. The van der Waals surface area contributed by atoms with Crippen molar-refractivity contribution in [3.63, 3.8) is 0 Å². The van der Waals surface area contributed by atoms with Crippen LogP contribution in [0.5, 0.6) is 5.75 Å². The predicted octanol–water partition coefficient (Wildman–Crippen LogP) is 2.92. The molecule has 0 unspecified atom stereocenters. The Balaban J connectivity index is 1.71. The highest BCUT2D eigenvalue weighted by molar-refractivity contribution is 7.16. The minimum Gasteiger partial charge on any atom is -0.492 e. The summed E-state index contributed by atoms with van der Waals surface area (Å²) in [5.74, 6) is 0.811. The molecule has 0 atom stereocenters. The number of nitrogens with zero attached hydrogens (tertiary/aromatic N) is 4. The van der Waals surface area contributed by atoms with Gasteiger partial charge >= 0.3 is 0 Å². The van der Waals surface area contributed by atoms with Gasteiger partial charge in [-0.1, -0.05) is 11.3 Å². The molecule has 2 heterocycles. The van der Waals surface area contributed by atoms with Gasteiger partial charge in [0, 0.05) is 19.3 Å². The fourth-order valence-corrected chi connectivity index (χ4v) is 4.26. The summed E-state index contributed by atoms with van der Waals surface area (Å²) >= 11 is 2.84. The lowest BCUT2D eigenvalue weighted by Gasteiger charge is -2.11. The zero-order chi connectivity index (χ0) is 22.2. The first kappa shape index (κ1) is 22.9. The van der Waals surface area contributed by atoms with Crippen LogP contribution in [0.4, 0.5) is 10.8 Å². The van der Waals surface area contributed by atoms with Crippen LogP contribution in [0, 0.1) is 6.92 Å². The van der Waals surface area contributed by atoms with Crippen molar-refractivity contribution in [1.82, 2.24) is 14.9 Å². The second-order valence-electron chi connectivity index (χ2n) is 6.97. The summed E-state index contributed by atoms with van der Waals surface area (Å²) in [6.45, 7) is 6.27. The molecule has 0 aliphatic rings. The number of ether oxygens (including phenoxy) is 1. The Hall–Kier alpha value is -2.82. The fraction of sp³-hybridized carbons (Fsp3) is 0.333. The van der Waals surface area contributed by atoms with Crippen LogP contribution >= 0.6 is 22.7 Å². The molecule has 3 aromatic rings. The lowest BCUT2D eigenvalue weighted by Crippen LogP contribution is -2.19. The molecule has 164 valence electrons. The molecule has 2 aromatic heterocycles. The molecule has 0 spiro atoms. The van der Waals surface area contributed by atoms with Gasteiger partial charge in [-0.25, -0.2) is 4.98 Å². The first-order valence-corrected chi connectivity index (χ1v) is 11.5. The molecule has 0 aliphatic heterocycles.